The normalized spacial score (nSPS) is 15.4. The van der Waals surface area contributed by atoms with E-state index < -0.39 is 0 Å². The molecule has 0 bridgehead atoms. The van der Waals surface area contributed by atoms with E-state index in [1.807, 2.05) is 41.4 Å². The van der Waals surface area contributed by atoms with Crippen molar-refractivity contribution in [3.63, 3.8) is 0 Å². The average Bonchev–Trinajstić information content (AvgIpc) is 3.06. The zero-order valence-corrected chi connectivity index (χ0v) is 16.2. The van der Waals surface area contributed by atoms with Gasteiger partial charge in [-0.2, -0.15) is 0 Å². The third-order valence-electron chi connectivity index (χ3n) is 5.37. The van der Waals surface area contributed by atoms with Gasteiger partial charge in [0, 0.05) is 45.5 Å². The van der Waals surface area contributed by atoms with Crippen molar-refractivity contribution >= 4 is 5.91 Å². The van der Waals surface area contributed by atoms with Crippen molar-refractivity contribution in [2.75, 3.05) is 26.2 Å². The van der Waals surface area contributed by atoms with E-state index in [4.69, 9.17) is 0 Å². The lowest BCUT2D eigenvalue weighted by atomic mass is 10.2. The second-order valence-corrected chi connectivity index (χ2v) is 7.41. The first-order valence-corrected chi connectivity index (χ1v) is 10.0. The van der Waals surface area contributed by atoms with Crippen molar-refractivity contribution in [2.24, 2.45) is 0 Å². The van der Waals surface area contributed by atoms with E-state index >= 15 is 0 Å². The number of benzene rings is 2. The Bertz CT molecular complexity index is 888. The van der Waals surface area contributed by atoms with E-state index in [1.165, 1.54) is 11.1 Å². The molecule has 2 aromatic carbocycles. The topological polar surface area (TPSA) is 28.5 Å². The van der Waals surface area contributed by atoms with Crippen molar-refractivity contribution in [1.82, 2.24) is 14.4 Å². The molecule has 0 saturated carbocycles. The molecule has 4 nitrogen and oxygen atoms in total. The molecule has 1 aliphatic rings. The highest BCUT2D eigenvalue weighted by atomic mass is 16.2. The maximum atomic E-state index is 13.2. The molecule has 1 saturated heterocycles. The number of carbonyl (C=O) groups is 1. The first kappa shape index (κ1) is 18.5. The summed E-state index contributed by atoms with van der Waals surface area (Å²) >= 11 is 0. The van der Waals surface area contributed by atoms with Crippen LogP contribution in [0.3, 0.4) is 0 Å². The van der Waals surface area contributed by atoms with Crippen LogP contribution in [0.5, 0.6) is 0 Å². The zero-order chi connectivity index (χ0) is 19.2. The monoisotopic (exact) mass is 373 g/mol. The molecule has 1 aromatic heterocycles. The van der Waals surface area contributed by atoms with Gasteiger partial charge in [0.25, 0.3) is 5.91 Å². The van der Waals surface area contributed by atoms with Crippen molar-refractivity contribution in [1.29, 1.82) is 0 Å². The molecule has 0 atom stereocenters. The Kier molecular flexibility index (Phi) is 5.88. The smallest absolute Gasteiger partial charge is 0.270 e. The number of hydrogen-bond acceptors (Lipinski definition) is 2. The number of carbonyl (C=O) groups excluding carboxylic acids is 1. The lowest BCUT2D eigenvalue weighted by molar-refractivity contribution is 0.0751. The quantitative estimate of drug-likeness (QED) is 0.679. The van der Waals surface area contributed by atoms with Crippen molar-refractivity contribution < 1.29 is 4.79 Å². The maximum Gasteiger partial charge on any atom is 0.270 e. The van der Waals surface area contributed by atoms with Gasteiger partial charge in [-0.1, -0.05) is 60.7 Å². The summed E-state index contributed by atoms with van der Waals surface area (Å²) in [5, 5.41) is 0. The van der Waals surface area contributed by atoms with Gasteiger partial charge in [0.15, 0.2) is 0 Å². The Hall–Kier alpha value is -2.85. The number of aromatic nitrogens is 1. The molecule has 0 aliphatic carbocycles. The minimum Gasteiger partial charge on any atom is -0.339 e. The molecule has 0 N–H and O–H groups in total. The molecule has 0 unspecified atom stereocenters. The first-order chi connectivity index (χ1) is 13.8. The molecule has 3 aromatic rings. The van der Waals surface area contributed by atoms with Crippen molar-refractivity contribution in [3.05, 3.63) is 95.8 Å². The molecule has 144 valence electrons. The molecule has 0 radical (unpaired) electrons. The molecule has 1 amide bonds. The Morgan fingerprint density at radius 3 is 2.11 bits per heavy atom. The van der Waals surface area contributed by atoms with Crippen LogP contribution in [0.1, 0.15) is 28.0 Å². The fourth-order valence-corrected chi connectivity index (χ4v) is 3.86. The van der Waals surface area contributed by atoms with Gasteiger partial charge in [-0.05, 0) is 29.7 Å². The fraction of sp³-hybridized carbons (Fsp3) is 0.292. The molecule has 28 heavy (non-hydrogen) atoms. The van der Waals surface area contributed by atoms with E-state index in [0.717, 1.165) is 51.4 Å². The summed E-state index contributed by atoms with van der Waals surface area (Å²) < 4.78 is 2.06. The summed E-state index contributed by atoms with van der Waals surface area (Å²) in [4.78, 5) is 17.6. The highest BCUT2D eigenvalue weighted by molar-refractivity contribution is 5.92. The minimum atomic E-state index is 0.141. The van der Waals surface area contributed by atoms with Gasteiger partial charge in [0.1, 0.15) is 5.69 Å². The zero-order valence-electron chi connectivity index (χ0n) is 16.2. The predicted molar refractivity (Wildman–Crippen MR) is 112 cm³/mol. The fourth-order valence-electron chi connectivity index (χ4n) is 3.86. The molecule has 0 spiro atoms. The highest BCUT2D eigenvalue weighted by Crippen LogP contribution is 2.14. The minimum absolute atomic E-state index is 0.141. The largest absolute Gasteiger partial charge is 0.339 e. The summed E-state index contributed by atoms with van der Waals surface area (Å²) in [6.45, 7) is 5.22. The van der Waals surface area contributed by atoms with E-state index in [2.05, 4.69) is 51.9 Å². The van der Waals surface area contributed by atoms with Gasteiger partial charge < -0.3 is 9.47 Å². The second kappa shape index (κ2) is 8.89. The Morgan fingerprint density at radius 2 is 1.39 bits per heavy atom. The van der Waals surface area contributed by atoms with Crippen molar-refractivity contribution in [3.8, 4) is 0 Å². The summed E-state index contributed by atoms with van der Waals surface area (Å²) in [7, 11) is 0. The average molecular weight is 374 g/mol. The van der Waals surface area contributed by atoms with Gasteiger partial charge in [0.2, 0.25) is 0 Å². The van der Waals surface area contributed by atoms with Gasteiger partial charge in [-0.3, -0.25) is 9.69 Å². The number of hydrogen-bond donors (Lipinski definition) is 0. The van der Waals surface area contributed by atoms with Crippen LogP contribution >= 0.6 is 0 Å². The Balaban J connectivity index is 1.40. The molecule has 4 rings (SSSR count). The molecule has 4 heteroatoms. The van der Waals surface area contributed by atoms with Gasteiger partial charge >= 0.3 is 0 Å². The van der Waals surface area contributed by atoms with E-state index in [-0.39, 0.29) is 5.91 Å². The first-order valence-electron chi connectivity index (χ1n) is 10.0. The lowest BCUT2D eigenvalue weighted by Gasteiger charge is -2.22. The van der Waals surface area contributed by atoms with Crippen LogP contribution in [0.4, 0.5) is 0 Å². The van der Waals surface area contributed by atoms with Crippen LogP contribution in [-0.2, 0) is 13.1 Å². The number of amides is 1. The third kappa shape index (κ3) is 4.52. The van der Waals surface area contributed by atoms with Crippen LogP contribution in [0.25, 0.3) is 0 Å². The SMILES string of the molecule is O=C(c1cccn1Cc1ccccc1)N1CCCN(Cc2ccccc2)CC1. The van der Waals surface area contributed by atoms with E-state index in [0.29, 0.717) is 0 Å². The third-order valence-corrected chi connectivity index (χ3v) is 5.37. The van der Waals surface area contributed by atoms with Crippen LogP contribution in [-0.4, -0.2) is 46.5 Å². The van der Waals surface area contributed by atoms with Gasteiger partial charge in [-0.25, -0.2) is 0 Å². The number of nitrogens with zero attached hydrogens (tertiary/aromatic N) is 3. The van der Waals surface area contributed by atoms with E-state index in [1.54, 1.807) is 0 Å². The summed E-state index contributed by atoms with van der Waals surface area (Å²) in [5.74, 6) is 0.141. The predicted octanol–water partition coefficient (Wildman–Crippen LogP) is 3.88. The lowest BCUT2D eigenvalue weighted by Crippen LogP contribution is -2.36. The van der Waals surface area contributed by atoms with Crippen LogP contribution < -0.4 is 0 Å². The second-order valence-electron chi connectivity index (χ2n) is 7.41. The highest BCUT2D eigenvalue weighted by Gasteiger charge is 2.22. The molecular weight excluding hydrogens is 346 g/mol. The Labute approximate surface area is 167 Å². The number of rotatable bonds is 5. The molecule has 1 fully saturated rings. The summed E-state index contributed by atoms with van der Waals surface area (Å²) in [6, 6.07) is 24.8. The van der Waals surface area contributed by atoms with Gasteiger partial charge in [0.05, 0.1) is 0 Å². The van der Waals surface area contributed by atoms with Crippen LogP contribution in [0.2, 0.25) is 0 Å². The van der Waals surface area contributed by atoms with Crippen molar-refractivity contribution in [2.45, 2.75) is 19.5 Å². The summed E-state index contributed by atoms with van der Waals surface area (Å²) in [5.41, 5.74) is 3.32. The maximum absolute atomic E-state index is 13.2. The molecule has 1 aliphatic heterocycles. The van der Waals surface area contributed by atoms with Gasteiger partial charge in [-0.15, -0.1) is 0 Å². The standard InChI is InChI=1S/C24H27N3O/c28-24(23-13-7-15-27(23)20-22-11-5-2-6-12-22)26-16-8-14-25(17-18-26)19-21-9-3-1-4-10-21/h1-7,9-13,15H,8,14,16-20H2. The molecular formula is C24H27N3O. The summed E-state index contributed by atoms with van der Waals surface area (Å²) in [6.07, 6.45) is 3.01. The van der Waals surface area contributed by atoms with Crippen LogP contribution in [0.15, 0.2) is 79.0 Å². The Morgan fingerprint density at radius 1 is 0.714 bits per heavy atom. The van der Waals surface area contributed by atoms with Crippen LogP contribution in [0, 0.1) is 0 Å². The molecule has 2 heterocycles. The van der Waals surface area contributed by atoms with E-state index in [9.17, 15) is 4.79 Å².